The molecule has 2 atom stereocenters. The van der Waals surface area contributed by atoms with Crippen molar-refractivity contribution in [1.82, 2.24) is 0 Å². The van der Waals surface area contributed by atoms with Crippen LogP contribution in [-0.2, 0) is 28.7 Å². The van der Waals surface area contributed by atoms with Gasteiger partial charge in [-0.2, -0.15) is 0 Å². The molecular weight excluding hydrogens is 723 g/mol. The zero-order chi connectivity index (χ0) is 37.8. The molecule has 10 heteroatoms. The number of cyclic esters (lactones) is 2. The van der Waals surface area contributed by atoms with E-state index < -0.39 is 23.8 Å². The van der Waals surface area contributed by atoms with Gasteiger partial charge >= 0.3 is 11.9 Å². The minimum Gasteiger partial charge on any atom is -0.456 e. The third kappa shape index (κ3) is 5.48. The minimum atomic E-state index is -0.643. The molecule has 0 bridgehead atoms. The molecule has 54 heavy (non-hydrogen) atoms. The molecule has 274 valence electrons. The summed E-state index contributed by atoms with van der Waals surface area (Å²) in [7, 11) is 0. The van der Waals surface area contributed by atoms with Crippen LogP contribution in [-0.4, -0.2) is 36.7 Å². The van der Waals surface area contributed by atoms with E-state index in [1.807, 2.05) is 58.3 Å². The van der Waals surface area contributed by atoms with Crippen LogP contribution in [0.2, 0.25) is 10.0 Å². The van der Waals surface area contributed by atoms with Crippen molar-refractivity contribution in [3.63, 3.8) is 0 Å². The number of carbonyl (C=O) groups excluding carboxylic acids is 4. The Hall–Kier alpha value is -4.92. The first kappa shape index (κ1) is 34.8. The molecule has 2 aliphatic carbocycles. The van der Waals surface area contributed by atoms with Gasteiger partial charge in [-0.15, -0.1) is 0 Å². The topological polar surface area (TPSA) is 93.2 Å². The van der Waals surface area contributed by atoms with Gasteiger partial charge in [0.2, 0.25) is 0 Å². The molecule has 0 aromatic heterocycles. The molecule has 2 unspecified atom stereocenters. The summed E-state index contributed by atoms with van der Waals surface area (Å²) in [6.45, 7) is 8.51. The number of anilines is 2. The van der Waals surface area contributed by atoms with Gasteiger partial charge in [-0.3, -0.25) is 9.59 Å². The van der Waals surface area contributed by atoms with E-state index in [0.717, 1.165) is 33.9 Å². The quantitative estimate of drug-likeness (QED) is 0.243. The molecular formula is C44H38Cl2N2O6. The number of rotatable bonds is 4. The summed E-state index contributed by atoms with van der Waals surface area (Å²) in [6.07, 6.45) is 1.92. The van der Waals surface area contributed by atoms with E-state index in [-0.39, 0.29) is 35.6 Å². The normalized spacial score (nSPS) is 24.4. The Bertz CT molecular complexity index is 2170. The Morgan fingerprint density at radius 1 is 0.500 bits per heavy atom. The molecule has 8 nitrogen and oxygen atoms in total. The molecule has 0 fully saturated rings. The fourth-order valence-electron chi connectivity index (χ4n) is 9.38. The monoisotopic (exact) mass is 760 g/mol. The van der Waals surface area contributed by atoms with E-state index in [2.05, 4.69) is 27.7 Å². The van der Waals surface area contributed by atoms with Crippen molar-refractivity contribution < 1.29 is 28.7 Å². The van der Waals surface area contributed by atoms with Gasteiger partial charge in [0.1, 0.15) is 13.2 Å². The number of nitrogens with zero attached hydrogens (tertiary/aromatic N) is 2. The first-order valence-corrected chi connectivity index (χ1v) is 19.0. The summed E-state index contributed by atoms with van der Waals surface area (Å²) >= 11 is 12.5. The molecule has 0 amide bonds. The first-order valence-electron chi connectivity index (χ1n) is 18.3. The second-order valence-corrected chi connectivity index (χ2v) is 17.5. The van der Waals surface area contributed by atoms with Crippen molar-refractivity contribution in [3.05, 3.63) is 139 Å². The molecule has 0 radical (unpaired) electrons. The van der Waals surface area contributed by atoms with Crippen molar-refractivity contribution in [2.45, 2.75) is 65.2 Å². The second kappa shape index (κ2) is 12.3. The third-order valence-corrected chi connectivity index (χ3v) is 12.0. The maximum Gasteiger partial charge on any atom is 0.337 e. The van der Waals surface area contributed by atoms with Gasteiger partial charge in [0.25, 0.3) is 0 Å². The van der Waals surface area contributed by atoms with Crippen LogP contribution in [0.25, 0.3) is 0 Å². The SMILES string of the molecule is CC1(C)CC(=O)C2=C(C1)N(c1ccc(Cl)cc1)C1=C(C(=O)OC1)C2c1ccc(C2C3=C(CC(C)(C)CC3=O)N(c3ccc(Cl)cc3)C3=C2C(=O)OC3)cc1. The van der Waals surface area contributed by atoms with Gasteiger partial charge < -0.3 is 19.3 Å². The van der Waals surface area contributed by atoms with Crippen LogP contribution >= 0.6 is 23.2 Å². The fraction of sp³-hybridized carbons (Fsp3) is 0.318. The van der Waals surface area contributed by atoms with Crippen LogP contribution in [0.5, 0.6) is 0 Å². The van der Waals surface area contributed by atoms with E-state index >= 15 is 0 Å². The number of benzene rings is 3. The lowest BCUT2D eigenvalue weighted by molar-refractivity contribution is -0.137. The van der Waals surface area contributed by atoms with Crippen LogP contribution in [0, 0.1) is 10.8 Å². The number of hydrogen-bond donors (Lipinski definition) is 0. The van der Waals surface area contributed by atoms with Crippen molar-refractivity contribution in [1.29, 1.82) is 0 Å². The maximum absolute atomic E-state index is 14.2. The Kier molecular flexibility index (Phi) is 7.93. The summed E-state index contributed by atoms with van der Waals surface area (Å²) in [5, 5.41) is 1.17. The number of esters is 2. The van der Waals surface area contributed by atoms with Crippen LogP contribution in [0.3, 0.4) is 0 Å². The lowest BCUT2D eigenvalue weighted by Gasteiger charge is -2.44. The van der Waals surface area contributed by atoms with Gasteiger partial charge in [0, 0.05) is 68.6 Å². The zero-order valence-corrected chi connectivity index (χ0v) is 31.9. The van der Waals surface area contributed by atoms with Crippen molar-refractivity contribution in [2.75, 3.05) is 23.0 Å². The largest absolute Gasteiger partial charge is 0.456 e. The van der Waals surface area contributed by atoms with Gasteiger partial charge in [0.05, 0.1) is 22.5 Å². The molecule has 0 spiro atoms. The Balaban J connectivity index is 1.19. The first-order chi connectivity index (χ1) is 25.7. The molecule has 0 N–H and O–H groups in total. The van der Waals surface area contributed by atoms with Crippen LogP contribution in [0.1, 0.15) is 76.3 Å². The standard InChI is InChI=1S/C44H38Cl2N2O6/c1-43(2)17-29-37(33(49)19-43)35(39-31(21-53-41(39)51)47(29)27-13-9-25(45)10-14-27)23-5-7-24(8-6-23)36-38-30(18-44(3,4)20-34(38)50)48(28-15-11-26(46)12-16-28)32-22-54-42(52)40(32)36/h5-16,35-36H,17-22H2,1-4H3. The summed E-state index contributed by atoms with van der Waals surface area (Å²) in [5.74, 6) is -2.21. The zero-order valence-electron chi connectivity index (χ0n) is 30.4. The summed E-state index contributed by atoms with van der Waals surface area (Å²) in [5.41, 5.74) is 7.72. The summed E-state index contributed by atoms with van der Waals surface area (Å²) < 4.78 is 11.4. The highest BCUT2D eigenvalue weighted by Gasteiger charge is 2.51. The lowest BCUT2D eigenvalue weighted by Crippen LogP contribution is -2.40. The van der Waals surface area contributed by atoms with Crippen LogP contribution < -0.4 is 9.80 Å². The Morgan fingerprint density at radius 2 is 0.852 bits per heavy atom. The van der Waals surface area contributed by atoms with E-state index in [1.54, 1.807) is 24.3 Å². The highest BCUT2D eigenvalue weighted by atomic mass is 35.5. The van der Waals surface area contributed by atoms with Gasteiger partial charge in [-0.05, 0) is 83.3 Å². The molecule has 3 aromatic carbocycles. The highest BCUT2D eigenvalue weighted by molar-refractivity contribution is 6.31. The lowest BCUT2D eigenvalue weighted by atomic mass is 9.67. The fourth-order valence-corrected chi connectivity index (χ4v) is 9.63. The molecule has 4 aliphatic heterocycles. The molecule has 3 aromatic rings. The number of halogens is 2. The summed E-state index contributed by atoms with van der Waals surface area (Å²) in [4.78, 5) is 59.8. The molecule has 6 aliphatic rings. The van der Waals surface area contributed by atoms with Crippen LogP contribution in [0.4, 0.5) is 11.4 Å². The van der Waals surface area contributed by atoms with Gasteiger partial charge in [-0.25, -0.2) is 9.59 Å². The number of Topliss-reactive ketones (excluding diaryl/α,β-unsaturated/α-hetero) is 2. The highest BCUT2D eigenvalue weighted by Crippen LogP contribution is 2.55. The molecule has 0 saturated carbocycles. The predicted octanol–water partition coefficient (Wildman–Crippen LogP) is 9.11. The Labute approximate surface area is 323 Å². The number of hydrogen-bond acceptors (Lipinski definition) is 8. The van der Waals surface area contributed by atoms with E-state index in [1.165, 1.54) is 0 Å². The average Bonchev–Trinajstić information content (AvgIpc) is 3.68. The average molecular weight is 762 g/mol. The molecule has 4 heterocycles. The van der Waals surface area contributed by atoms with Gasteiger partial charge in [-0.1, -0.05) is 75.2 Å². The third-order valence-electron chi connectivity index (χ3n) is 11.5. The molecule has 9 rings (SSSR count). The van der Waals surface area contributed by atoms with E-state index in [0.29, 0.717) is 69.4 Å². The van der Waals surface area contributed by atoms with Crippen molar-refractivity contribution in [3.8, 4) is 0 Å². The van der Waals surface area contributed by atoms with Crippen LogP contribution in [0.15, 0.2) is 118 Å². The minimum absolute atomic E-state index is 0.0103. The summed E-state index contributed by atoms with van der Waals surface area (Å²) in [6, 6.07) is 22.5. The Morgan fingerprint density at radius 3 is 1.20 bits per heavy atom. The van der Waals surface area contributed by atoms with E-state index in [4.69, 9.17) is 32.7 Å². The van der Waals surface area contributed by atoms with Crippen molar-refractivity contribution in [2.24, 2.45) is 10.8 Å². The number of allylic oxidation sites excluding steroid dienone is 4. The number of ether oxygens (including phenoxy) is 2. The maximum atomic E-state index is 14.2. The number of carbonyl (C=O) groups is 4. The number of ketones is 2. The molecule has 0 saturated heterocycles. The second-order valence-electron chi connectivity index (χ2n) is 16.6. The van der Waals surface area contributed by atoms with Crippen molar-refractivity contribution >= 4 is 58.1 Å². The predicted molar refractivity (Wildman–Crippen MR) is 206 cm³/mol. The van der Waals surface area contributed by atoms with Gasteiger partial charge in [0.15, 0.2) is 11.6 Å². The van der Waals surface area contributed by atoms with E-state index in [9.17, 15) is 19.2 Å². The smallest absolute Gasteiger partial charge is 0.337 e.